The molecule has 0 saturated heterocycles. The second kappa shape index (κ2) is 3.25. The molecule has 0 aliphatic heterocycles. The van der Waals surface area contributed by atoms with Crippen molar-refractivity contribution in [3.8, 4) is 0 Å². The van der Waals surface area contributed by atoms with Crippen LogP contribution in [0.4, 0.5) is 4.79 Å². The monoisotopic (exact) mass is 178 g/mol. The van der Waals surface area contributed by atoms with Crippen LogP contribution >= 0.6 is 34.7 Å². The molecule has 0 radical (unpaired) electrons. The van der Waals surface area contributed by atoms with E-state index in [1.807, 2.05) is 17.5 Å². The van der Waals surface area contributed by atoms with E-state index in [2.05, 4.69) is 0 Å². The minimum absolute atomic E-state index is 0.377. The minimum Gasteiger partial charge on any atom is -0.268 e. The Morgan fingerprint density at radius 2 is 2.56 bits per heavy atom. The van der Waals surface area contributed by atoms with Crippen LogP contribution in [0.15, 0.2) is 21.7 Å². The third kappa shape index (κ3) is 2.39. The van der Waals surface area contributed by atoms with Crippen molar-refractivity contribution < 1.29 is 4.79 Å². The molecule has 1 aromatic heterocycles. The van der Waals surface area contributed by atoms with Gasteiger partial charge in [-0.2, -0.15) is 0 Å². The highest BCUT2D eigenvalue weighted by atomic mass is 35.5. The molecule has 1 rings (SSSR count). The molecule has 0 aromatic carbocycles. The molecule has 1 heterocycles. The van der Waals surface area contributed by atoms with Gasteiger partial charge in [0, 0.05) is 0 Å². The molecule has 0 spiro atoms. The maximum Gasteiger partial charge on any atom is 0.285 e. The number of carbonyl (C=O) groups is 1. The van der Waals surface area contributed by atoms with Crippen molar-refractivity contribution in [1.29, 1.82) is 0 Å². The van der Waals surface area contributed by atoms with E-state index < -0.39 is 0 Å². The second-order valence-electron chi connectivity index (χ2n) is 1.27. The van der Waals surface area contributed by atoms with Crippen LogP contribution in [0.5, 0.6) is 0 Å². The van der Waals surface area contributed by atoms with Crippen molar-refractivity contribution in [1.82, 2.24) is 0 Å². The van der Waals surface area contributed by atoms with Gasteiger partial charge in [0.1, 0.15) is 0 Å². The maximum atomic E-state index is 10.2. The standard InChI is InChI=1S/C5H3ClOS2/c6-5(7)9-4-2-1-3-8-4/h1-3H. The van der Waals surface area contributed by atoms with Gasteiger partial charge in [0.2, 0.25) is 0 Å². The number of hydrogen-bond donors (Lipinski definition) is 0. The summed E-state index contributed by atoms with van der Waals surface area (Å²) in [6, 6.07) is 3.74. The topological polar surface area (TPSA) is 17.1 Å². The molecule has 0 N–H and O–H groups in total. The second-order valence-corrected chi connectivity index (χ2v) is 4.06. The Kier molecular flexibility index (Phi) is 2.57. The van der Waals surface area contributed by atoms with Gasteiger partial charge in [-0.3, -0.25) is 4.79 Å². The number of carbonyl (C=O) groups excluding carboxylic acids is 1. The first-order valence-electron chi connectivity index (χ1n) is 2.20. The van der Waals surface area contributed by atoms with Gasteiger partial charge in [-0.1, -0.05) is 6.07 Å². The molecule has 0 saturated carbocycles. The zero-order chi connectivity index (χ0) is 6.69. The number of rotatable bonds is 1. The van der Waals surface area contributed by atoms with Crippen LogP contribution in [0.25, 0.3) is 0 Å². The van der Waals surface area contributed by atoms with Crippen LogP contribution in [0, 0.1) is 0 Å². The van der Waals surface area contributed by atoms with Crippen molar-refractivity contribution in [2.75, 3.05) is 0 Å². The Hall–Kier alpha value is 0.01000. The first-order valence-corrected chi connectivity index (χ1v) is 4.27. The summed E-state index contributed by atoms with van der Waals surface area (Å²) in [6.07, 6.45) is 0. The summed E-state index contributed by atoms with van der Waals surface area (Å²) in [5.74, 6) is 0. The molecule has 1 nitrogen and oxygen atoms in total. The van der Waals surface area contributed by atoms with Crippen LogP contribution in [-0.2, 0) is 0 Å². The van der Waals surface area contributed by atoms with Gasteiger partial charge in [-0.25, -0.2) is 0 Å². The first-order chi connectivity index (χ1) is 4.29. The average Bonchev–Trinajstić information content (AvgIpc) is 2.15. The quantitative estimate of drug-likeness (QED) is 0.485. The predicted molar refractivity (Wildman–Crippen MR) is 41.4 cm³/mol. The maximum absolute atomic E-state index is 10.2. The van der Waals surface area contributed by atoms with Crippen molar-refractivity contribution in [2.24, 2.45) is 0 Å². The predicted octanol–water partition coefficient (Wildman–Crippen LogP) is 3.20. The number of halogens is 1. The van der Waals surface area contributed by atoms with Crippen molar-refractivity contribution in [3.63, 3.8) is 0 Å². The molecule has 0 amide bonds. The van der Waals surface area contributed by atoms with Gasteiger partial charge in [-0.05, 0) is 34.8 Å². The number of thiophene rings is 1. The Bertz CT molecular complexity index is 195. The zero-order valence-corrected chi connectivity index (χ0v) is 6.72. The van der Waals surface area contributed by atoms with Gasteiger partial charge in [0.05, 0.1) is 4.21 Å². The van der Waals surface area contributed by atoms with E-state index >= 15 is 0 Å². The van der Waals surface area contributed by atoms with E-state index in [0.29, 0.717) is 0 Å². The smallest absolute Gasteiger partial charge is 0.268 e. The number of thioether (sulfide) groups is 1. The fourth-order valence-electron chi connectivity index (χ4n) is 0.401. The summed E-state index contributed by atoms with van der Waals surface area (Å²) < 4.78 is 0.562. The van der Waals surface area contributed by atoms with Gasteiger partial charge >= 0.3 is 0 Å². The Labute approximate surface area is 66.0 Å². The molecular formula is C5H3ClOS2. The molecular weight excluding hydrogens is 176 g/mol. The van der Waals surface area contributed by atoms with Crippen molar-refractivity contribution >= 4 is 39.3 Å². The van der Waals surface area contributed by atoms with Crippen LogP contribution in [-0.4, -0.2) is 4.57 Å². The van der Waals surface area contributed by atoms with E-state index in [-0.39, 0.29) is 4.57 Å². The Morgan fingerprint density at radius 1 is 1.78 bits per heavy atom. The third-order valence-corrected chi connectivity index (χ3v) is 2.61. The van der Waals surface area contributed by atoms with E-state index in [1.54, 1.807) is 0 Å². The number of hydrogen-bond acceptors (Lipinski definition) is 3. The normalized spacial score (nSPS) is 9.44. The molecule has 0 atom stereocenters. The molecule has 0 fully saturated rings. The summed E-state index contributed by atoms with van der Waals surface area (Å²) in [4.78, 5) is 10.2. The van der Waals surface area contributed by atoms with Crippen molar-refractivity contribution in [2.45, 2.75) is 4.21 Å². The fraction of sp³-hybridized carbons (Fsp3) is 0. The fourth-order valence-corrected chi connectivity index (χ4v) is 2.13. The van der Waals surface area contributed by atoms with Crippen LogP contribution in [0.3, 0.4) is 0 Å². The summed E-state index contributed by atoms with van der Waals surface area (Å²) in [5, 5.41) is 1.90. The summed E-state index contributed by atoms with van der Waals surface area (Å²) in [5.41, 5.74) is 0. The first kappa shape index (κ1) is 7.12. The van der Waals surface area contributed by atoms with Crippen LogP contribution in [0.1, 0.15) is 0 Å². The van der Waals surface area contributed by atoms with Crippen LogP contribution < -0.4 is 0 Å². The molecule has 4 heteroatoms. The van der Waals surface area contributed by atoms with E-state index in [4.69, 9.17) is 11.6 Å². The molecule has 48 valence electrons. The van der Waals surface area contributed by atoms with Gasteiger partial charge in [-0.15, -0.1) is 11.3 Å². The van der Waals surface area contributed by atoms with E-state index in [0.717, 1.165) is 16.0 Å². The van der Waals surface area contributed by atoms with Gasteiger partial charge in [0.15, 0.2) is 0 Å². The highest BCUT2D eigenvalue weighted by Crippen LogP contribution is 2.25. The van der Waals surface area contributed by atoms with Crippen LogP contribution in [0.2, 0.25) is 0 Å². The van der Waals surface area contributed by atoms with Gasteiger partial charge in [0.25, 0.3) is 4.57 Å². The lowest BCUT2D eigenvalue weighted by atomic mass is 10.7. The largest absolute Gasteiger partial charge is 0.285 e. The minimum atomic E-state index is -0.377. The molecule has 0 unspecified atom stereocenters. The highest BCUT2D eigenvalue weighted by Gasteiger charge is 1.98. The highest BCUT2D eigenvalue weighted by molar-refractivity contribution is 8.17. The lowest BCUT2D eigenvalue weighted by molar-refractivity contribution is 0.276. The Balaban J connectivity index is 2.58. The zero-order valence-electron chi connectivity index (χ0n) is 4.33. The molecule has 9 heavy (non-hydrogen) atoms. The molecule has 1 aromatic rings. The molecule has 0 aliphatic rings. The average molecular weight is 179 g/mol. The summed E-state index contributed by atoms with van der Waals surface area (Å²) in [6.45, 7) is 0. The third-order valence-electron chi connectivity index (χ3n) is 0.676. The molecule has 0 aliphatic carbocycles. The molecule has 0 bridgehead atoms. The van der Waals surface area contributed by atoms with Gasteiger partial charge < -0.3 is 0 Å². The summed E-state index contributed by atoms with van der Waals surface area (Å²) in [7, 11) is 0. The Morgan fingerprint density at radius 3 is 3.00 bits per heavy atom. The van der Waals surface area contributed by atoms with E-state index in [9.17, 15) is 4.79 Å². The SMILES string of the molecule is O=C(Cl)Sc1cccs1. The van der Waals surface area contributed by atoms with E-state index in [1.165, 1.54) is 11.3 Å². The lowest BCUT2D eigenvalue weighted by Crippen LogP contribution is -1.66. The van der Waals surface area contributed by atoms with Crippen molar-refractivity contribution in [3.05, 3.63) is 17.5 Å². The lowest BCUT2D eigenvalue weighted by Gasteiger charge is -1.83. The summed E-state index contributed by atoms with van der Waals surface area (Å²) >= 11 is 7.66.